The zero-order valence-corrected chi connectivity index (χ0v) is 16.8. The smallest absolute Gasteiger partial charge is 0.312 e. The molecule has 10 nitrogen and oxygen atoms in total. The minimum Gasteiger partial charge on any atom is -0.414 e. The third-order valence-corrected chi connectivity index (χ3v) is 5.40. The van der Waals surface area contributed by atoms with Gasteiger partial charge in [0.1, 0.15) is 11.6 Å². The first-order chi connectivity index (χ1) is 14.3. The lowest BCUT2D eigenvalue weighted by molar-refractivity contribution is 0.0440. The van der Waals surface area contributed by atoms with Crippen LogP contribution in [0.4, 0.5) is 0 Å². The van der Waals surface area contributed by atoms with Gasteiger partial charge in [0.25, 0.3) is 0 Å². The second-order valence-electron chi connectivity index (χ2n) is 7.93. The summed E-state index contributed by atoms with van der Waals surface area (Å²) < 4.78 is 7.29. The molecular formula is C20H21N7O3. The molecule has 30 heavy (non-hydrogen) atoms. The highest BCUT2D eigenvalue weighted by molar-refractivity contribution is 5.90. The first-order valence-electron chi connectivity index (χ1n) is 9.68. The number of aromatic nitrogens is 6. The monoisotopic (exact) mass is 407 g/mol. The number of hydrogen-bond donors (Lipinski definition) is 2. The van der Waals surface area contributed by atoms with E-state index in [2.05, 4.69) is 20.2 Å². The van der Waals surface area contributed by atoms with Crippen molar-refractivity contribution in [2.75, 3.05) is 6.54 Å². The highest BCUT2D eigenvalue weighted by Gasteiger charge is 2.39. The van der Waals surface area contributed by atoms with Gasteiger partial charge >= 0.3 is 11.8 Å². The van der Waals surface area contributed by atoms with Crippen LogP contribution in [0.1, 0.15) is 59.1 Å². The van der Waals surface area contributed by atoms with E-state index >= 15 is 0 Å². The Bertz CT molecular complexity index is 1250. The maximum absolute atomic E-state index is 13.4. The van der Waals surface area contributed by atoms with Gasteiger partial charge in [-0.1, -0.05) is 6.07 Å². The fourth-order valence-electron chi connectivity index (χ4n) is 3.85. The van der Waals surface area contributed by atoms with Crippen molar-refractivity contribution in [2.45, 2.75) is 38.8 Å². The van der Waals surface area contributed by atoms with Crippen LogP contribution < -0.4 is 0 Å². The molecule has 2 N–H and O–H groups in total. The minimum absolute atomic E-state index is 0.0104. The first-order valence-corrected chi connectivity index (χ1v) is 9.68. The highest BCUT2D eigenvalue weighted by Crippen LogP contribution is 2.36. The average Bonchev–Trinajstić information content (AvgIpc) is 3.45. The fraction of sp³-hybridized carbons (Fsp3) is 0.350. The SMILES string of the molecule is Cc1c(C2c3nc[nH]c3CCN2C(=O)c2nnc(C(C)(C)O)o2)nn2ccccc12. The maximum atomic E-state index is 13.4. The number of amides is 1. The molecule has 1 aliphatic heterocycles. The van der Waals surface area contributed by atoms with Gasteiger partial charge in [0, 0.05) is 30.4 Å². The Labute approximate surface area is 171 Å². The van der Waals surface area contributed by atoms with Crippen LogP contribution in [0.15, 0.2) is 35.1 Å². The summed E-state index contributed by atoms with van der Waals surface area (Å²) in [6.07, 6.45) is 4.13. The lowest BCUT2D eigenvalue weighted by atomic mass is 9.97. The van der Waals surface area contributed by atoms with Crippen molar-refractivity contribution < 1.29 is 14.3 Å². The lowest BCUT2D eigenvalue weighted by Gasteiger charge is -2.33. The van der Waals surface area contributed by atoms with Crippen LogP contribution in [-0.4, -0.2) is 52.2 Å². The number of aliphatic hydroxyl groups is 1. The fourth-order valence-corrected chi connectivity index (χ4v) is 3.85. The van der Waals surface area contributed by atoms with Crippen molar-refractivity contribution in [2.24, 2.45) is 0 Å². The van der Waals surface area contributed by atoms with Crippen LogP contribution in [0.5, 0.6) is 0 Å². The molecule has 1 atom stereocenters. The van der Waals surface area contributed by atoms with Crippen LogP contribution in [0, 0.1) is 6.92 Å². The summed E-state index contributed by atoms with van der Waals surface area (Å²) >= 11 is 0. The van der Waals surface area contributed by atoms with Crippen LogP contribution in [0.2, 0.25) is 0 Å². The van der Waals surface area contributed by atoms with E-state index in [9.17, 15) is 9.90 Å². The number of carbonyl (C=O) groups is 1. The quantitative estimate of drug-likeness (QED) is 0.530. The Hall–Kier alpha value is -3.53. The van der Waals surface area contributed by atoms with Gasteiger partial charge in [-0.2, -0.15) is 5.10 Å². The summed E-state index contributed by atoms with van der Waals surface area (Å²) in [6.45, 7) is 5.47. The van der Waals surface area contributed by atoms with E-state index in [1.54, 1.807) is 15.7 Å². The molecule has 0 radical (unpaired) electrons. The lowest BCUT2D eigenvalue weighted by Crippen LogP contribution is -2.41. The summed E-state index contributed by atoms with van der Waals surface area (Å²) in [4.78, 5) is 22.7. The molecule has 1 aliphatic rings. The number of imidazole rings is 1. The average molecular weight is 407 g/mol. The summed E-state index contributed by atoms with van der Waals surface area (Å²) in [7, 11) is 0. The third kappa shape index (κ3) is 2.79. The molecule has 0 aliphatic carbocycles. The van der Waals surface area contributed by atoms with Crippen LogP contribution >= 0.6 is 0 Å². The Balaban J connectivity index is 1.61. The number of fused-ring (bicyclic) bond motifs is 2. The number of aryl methyl sites for hydroxylation is 1. The van der Waals surface area contributed by atoms with Crippen molar-refractivity contribution in [3.63, 3.8) is 0 Å². The second-order valence-corrected chi connectivity index (χ2v) is 7.93. The van der Waals surface area contributed by atoms with Crippen molar-refractivity contribution in [3.8, 4) is 0 Å². The van der Waals surface area contributed by atoms with Crippen LogP contribution in [0.25, 0.3) is 5.52 Å². The molecule has 0 saturated heterocycles. The van der Waals surface area contributed by atoms with Crippen molar-refractivity contribution in [3.05, 3.63) is 65.1 Å². The van der Waals surface area contributed by atoms with E-state index in [1.807, 2.05) is 31.3 Å². The molecule has 0 spiro atoms. The summed E-state index contributed by atoms with van der Waals surface area (Å²) in [5.41, 5.74) is 3.07. The number of nitrogens with zero attached hydrogens (tertiary/aromatic N) is 6. The summed E-state index contributed by atoms with van der Waals surface area (Å²) in [5.74, 6) is -0.602. The molecule has 154 valence electrons. The van der Waals surface area contributed by atoms with Gasteiger partial charge in [-0.25, -0.2) is 9.50 Å². The second kappa shape index (κ2) is 6.49. The number of pyridine rings is 1. The Morgan fingerprint density at radius 1 is 1.30 bits per heavy atom. The number of nitrogens with one attached hydrogen (secondary N) is 1. The molecule has 0 bridgehead atoms. The van der Waals surface area contributed by atoms with Gasteiger partial charge in [0.15, 0.2) is 0 Å². The van der Waals surface area contributed by atoms with Crippen molar-refractivity contribution in [1.82, 2.24) is 34.7 Å². The first kappa shape index (κ1) is 18.5. The summed E-state index contributed by atoms with van der Waals surface area (Å²) in [6, 6.07) is 5.35. The van der Waals surface area contributed by atoms with Gasteiger partial charge in [-0.05, 0) is 32.9 Å². The number of rotatable bonds is 3. The van der Waals surface area contributed by atoms with Gasteiger partial charge < -0.3 is 19.4 Å². The zero-order valence-electron chi connectivity index (χ0n) is 16.8. The maximum Gasteiger partial charge on any atom is 0.312 e. The number of carbonyl (C=O) groups excluding carboxylic acids is 1. The molecule has 0 aromatic carbocycles. The Morgan fingerprint density at radius 3 is 2.87 bits per heavy atom. The molecule has 5 heterocycles. The van der Waals surface area contributed by atoms with E-state index < -0.39 is 17.6 Å². The summed E-state index contributed by atoms with van der Waals surface area (Å²) in [5, 5.41) is 22.5. The molecule has 4 aromatic rings. The highest BCUT2D eigenvalue weighted by atomic mass is 16.4. The molecule has 1 unspecified atom stereocenters. The molecular weight excluding hydrogens is 386 g/mol. The normalized spacial score (nSPS) is 16.8. The molecule has 0 fully saturated rings. The molecule has 1 amide bonds. The molecule has 0 saturated carbocycles. The Morgan fingerprint density at radius 2 is 2.13 bits per heavy atom. The Kier molecular flexibility index (Phi) is 4.00. The van der Waals surface area contributed by atoms with E-state index in [0.29, 0.717) is 13.0 Å². The minimum atomic E-state index is -1.33. The number of H-pyrrole nitrogens is 1. The number of hydrogen-bond acceptors (Lipinski definition) is 7. The predicted octanol–water partition coefficient (Wildman–Crippen LogP) is 1.76. The molecule has 4 aromatic heterocycles. The van der Waals surface area contributed by atoms with E-state index in [1.165, 1.54) is 13.8 Å². The van der Waals surface area contributed by atoms with Gasteiger partial charge in [-0.3, -0.25) is 4.79 Å². The molecule has 10 heteroatoms. The van der Waals surface area contributed by atoms with Gasteiger partial charge in [0.2, 0.25) is 5.89 Å². The van der Waals surface area contributed by atoms with Gasteiger partial charge in [0.05, 0.1) is 23.2 Å². The molecule has 5 rings (SSSR count). The largest absolute Gasteiger partial charge is 0.414 e. The van der Waals surface area contributed by atoms with Crippen molar-refractivity contribution in [1.29, 1.82) is 0 Å². The predicted molar refractivity (Wildman–Crippen MR) is 105 cm³/mol. The zero-order chi connectivity index (χ0) is 21.0. The van der Waals surface area contributed by atoms with E-state index in [-0.39, 0.29) is 11.8 Å². The van der Waals surface area contributed by atoms with Crippen molar-refractivity contribution >= 4 is 11.4 Å². The van der Waals surface area contributed by atoms with Crippen LogP contribution in [-0.2, 0) is 12.0 Å². The van der Waals surface area contributed by atoms with Crippen LogP contribution in [0.3, 0.4) is 0 Å². The topological polar surface area (TPSA) is 125 Å². The van der Waals surface area contributed by atoms with E-state index in [0.717, 1.165) is 28.2 Å². The number of aromatic amines is 1. The van der Waals surface area contributed by atoms with E-state index in [4.69, 9.17) is 9.52 Å². The standard InChI is InChI=1S/C20H21N7O3/c1-11-13-6-4-5-8-27(13)25-14(11)16-15-12(21-10-22-15)7-9-26(16)18(28)17-23-24-19(30-17)20(2,3)29/h4-6,8,10,16,29H,7,9H2,1-3H3,(H,21,22). The van der Waals surface area contributed by atoms with Gasteiger partial charge in [-0.15, -0.1) is 10.2 Å². The third-order valence-electron chi connectivity index (χ3n) is 5.40.